The first-order valence-corrected chi connectivity index (χ1v) is 17.4. The third-order valence-electron chi connectivity index (χ3n) is 8.54. The van der Waals surface area contributed by atoms with Crippen molar-refractivity contribution in [2.45, 2.75) is 64.0 Å². The van der Waals surface area contributed by atoms with Crippen LogP contribution in [0, 0.1) is 24.2 Å². The molecule has 0 amide bonds. The number of aromatic nitrogens is 6. The van der Waals surface area contributed by atoms with Crippen LogP contribution in [-0.2, 0) is 25.9 Å². The molecule has 0 radical (unpaired) electrons. The van der Waals surface area contributed by atoms with Gasteiger partial charge in [0.1, 0.15) is 35.4 Å². The summed E-state index contributed by atoms with van der Waals surface area (Å²) in [5, 5.41) is 1.14. The normalized spacial score (nSPS) is 16.0. The number of hydrogen-bond donors (Lipinski definition) is 0. The number of fused-ring (bicyclic) bond motifs is 4. The molecule has 264 valence electrons. The molecule has 0 aliphatic carbocycles. The van der Waals surface area contributed by atoms with Crippen molar-refractivity contribution in [2.75, 3.05) is 0 Å². The Kier molecular flexibility index (Phi) is 13.0. The molecule has 2 atom stereocenters. The lowest BCUT2D eigenvalue weighted by Gasteiger charge is -2.09. The van der Waals surface area contributed by atoms with Crippen molar-refractivity contribution >= 4 is 50.1 Å². The number of terminal acetylenes is 1. The number of hydrogen-bond acceptors (Lipinski definition) is 6. The van der Waals surface area contributed by atoms with Gasteiger partial charge in [-0.2, -0.15) is 0 Å². The average Bonchev–Trinajstić information content (AvgIpc) is 3.47. The van der Waals surface area contributed by atoms with Crippen molar-refractivity contribution < 1.29 is 8.78 Å². The van der Waals surface area contributed by atoms with Crippen LogP contribution in [0.1, 0.15) is 54.3 Å². The molecule has 0 N–H and O–H groups in total. The number of alkyl halides is 2. The predicted molar refractivity (Wildman–Crippen MR) is 205 cm³/mol. The van der Waals surface area contributed by atoms with E-state index >= 15 is 0 Å². The molecule has 0 saturated carbocycles. The van der Waals surface area contributed by atoms with Crippen LogP contribution in [0.2, 0.25) is 0 Å². The lowest BCUT2D eigenvalue weighted by Crippen LogP contribution is -2.24. The molecule has 4 aromatic heterocycles. The van der Waals surface area contributed by atoms with E-state index in [1.807, 2.05) is 54.6 Å². The van der Waals surface area contributed by atoms with Crippen molar-refractivity contribution in [1.82, 2.24) is 29.1 Å². The van der Waals surface area contributed by atoms with E-state index in [0.717, 1.165) is 10.0 Å². The second kappa shape index (κ2) is 17.8. The lowest BCUT2D eigenvalue weighted by molar-refractivity contribution is 0.295. The third kappa shape index (κ3) is 9.35. The summed E-state index contributed by atoms with van der Waals surface area (Å²) in [5.74, 6) is 9.82. The summed E-state index contributed by atoms with van der Waals surface area (Å²) in [6.45, 7) is 0.813. The number of rotatable bonds is 0. The first kappa shape index (κ1) is 38.0. The van der Waals surface area contributed by atoms with E-state index in [1.165, 1.54) is 0 Å². The molecule has 0 spiro atoms. The maximum Gasteiger partial charge on any atom is 0.261 e. The fraction of sp³-hybridized carbons (Fsp3) is 0.250. The summed E-state index contributed by atoms with van der Waals surface area (Å²) >= 11 is 3.37. The maximum absolute atomic E-state index is 13.6. The zero-order valence-corrected chi connectivity index (χ0v) is 30.4. The molecular formula is C40H34BrClF2N6O2. The van der Waals surface area contributed by atoms with Crippen LogP contribution >= 0.6 is 28.3 Å². The van der Waals surface area contributed by atoms with Gasteiger partial charge in [0.05, 0.1) is 21.8 Å². The molecule has 6 heterocycles. The fourth-order valence-electron chi connectivity index (χ4n) is 5.85. The van der Waals surface area contributed by atoms with Crippen molar-refractivity contribution in [3.63, 3.8) is 0 Å². The number of pyridine rings is 2. The molecule has 6 aromatic rings. The quantitative estimate of drug-likeness (QED) is 0.152. The Morgan fingerprint density at radius 3 is 1.75 bits per heavy atom. The Balaban J connectivity index is 0.000000169. The van der Waals surface area contributed by atoms with Gasteiger partial charge >= 0.3 is 0 Å². The summed E-state index contributed by atoms with van der Waals surface area (Å²) in [4.78, 5) is 42.1. The maximum atomic E-state index is 13.6. The zero-order chi connectivity index (χ0) is 35.7. The summed E-state index contributed by atoms with van der Waals surface area (Å²) in [6.07, 6.45) is 9.35. The van der Waals surface area contributed by atoms with Crippen molar-refractivity contribution in [3.05, 3.63) is 139 Å². The van der Waals surface area contributed by atoms with Gasteiger partial charge in [-0.15, -0.1) is 18.8 Å². The summed E-state index contributed by atoms with van der Waals surface area (Å²) in [7, 11) is 0. The van der Waals surface area contributed by atoms with Crippen LogP contribution in [0.4, 0.5) is 8.78 Å². The minimum Gasteiger partial charge on any atom is -0.296 e. The molecule has 2 unspecified atom stereocenters. The van der Waals surface area contributed by atoms with Crippen LogP contribution in [-0.4, -0.2) is 41.4 Å². The van der Waals surface area contributed by atoms with E-state index in [9.17, 15) is 18.4 Å². The molecule has 0 fully saturated rings. The van der Waals surface area contributed by atoms with Crippen LogP contribution in [0.25, 0.3) is 21.8 Å². The molecule has 52 heavy (non-hydrogen) atoms. The van der Waals surface area contributed by atoms with Gasteiger partial charge in [0, 0.05) is 48.4 Å². The number of halogens is 4. The fourth-order valence-corrected chi connectivity index (χ4v) is 6.20. The largest absolute Gasteiger partial charge is 0.296 e. The molecule has 2 aliphatic rings. The Morgan fingerprint density at radius 2 is 1.23 bits per heavy atom. The second-order valence-electron chi connectivity index (χ2n) is 12.0. The molecule has 8 rings (SSSR count). The van der Waals surface area contributed by atoms with Gasteiger partial charge in [0.15, 0.2) is 0 Å². The number of nitrogens with zero attached hydrogens (tertiary/aromatic N) is 6. The van der Waals surface area contributed by atoms with Crippen molar-refractivity contribution in [3.8, 4) is 24.2 Å². The molecule has 0 saturated heterocycles. The van der Waals surface area contributed by atoms with Gasteiger partial charge in [-0.05, 0) is 92.3 Å². The zero-order valence-electron chi connectivity index (χ0n) is 28.0. The van der Waals surface area contributed by atoms with Crippen molar-refractivity contribution in [2.24, 2.45) is 0 Å². The van der Waals surface area contributed by atoms with Gasteiger partial charge < -0.3 is 0 Å². The standard InChI is InChI=1S/C20H16FN3O.C13H12BrFN2O.C7H5N.ClH/c21-15-6-9-19-23-18-13-14(4-7-16-3-1-2-11-22-16)5-8-17(18)20(25)24(19)12-10-15;14-8-1-3-10-11(7-8)16-12-4-2-9(15)5-6-17(12)13(10)18;1-2-7-5-3-4-6-8-7;/h1-3,5,8,11,13,15H,6,9-10,12H2;1,3,7,9H,2,4-6H2;1,3-6H;1H. The Bertz CT molecular complexity index is 2410. The highest BCUT2D eigenvalue weighted by atomic mass is 79.9. The minimum absolute atomic E-state index is 0. The van der Waals surface area contributed by atoms with Gasteiger partial charge in [-0.1, -0.05) is 39.9 Å². The van der Waals surface area contributed by atoms with E-state index in [2.05, 4.69) is 53.6 Å². The first-order chi connectivity index (χ1) is 24.8. The molecule has 12 heteroatoms. The monoisotopic (exact) mass is 782 g/mol. The van der Waals surface area contributed by atoms with Gasteiger partial charge in [-0.25, -0.2) is 28.7 Å². The number of aryl methyl sites for hydroxylation is 2. The van der Waals surface area contributed by atoms with E-state index in [1.54, 1.807) is 39.7 Å². The van der Waals surface area contributed by atoms with Crippen molar-refractivity contribution in [1.29, 1.82) is 0 Å². The Hall–Kier alpha value is -5.23. The molecule has 8 nitrogen and oxygen atoms in total. The van der Waals surface area contributed by atoms with Gasteiger partial charge in [-0.3, -0.25) is 18.7 Å². The van der Waals surface area contributed by atoms with E-state index in [0.29, 0.717) is 96.5 Å². The minimum atomic E-state index is -0.871. The van der Waals surface area contributed by atoms with E-state index < -0.39 is 12.3 Å². The highest BCUT2D eigenvalue weighted by molar-refractivity contribution is 9.10. The van der Waals surface area contributed by atoms with Crippen LogP contribution in [0.5, 0.6) is 0 Å². The predicted octanol–water partition coefficient (Wildman–Crippen LogP) is 7.18. The lowest BCUT2D eigenvalue weighted by atomic mass is 10.1. The average molecular weight is 784 g/mol. The Labute approximate surface area is 313 Å². The highest BCUT2D eigenvalue weighted by Gasteiger charge is 2.20. The third-order valence-corrected chi connectivity index (χ3v) is 9.03. The van der Waals surface area contributed by atoms with E-state index in [4.69, 9.17) is 6.42 Å². The second-order valence-corrected chi connectivity index (χ2v) is 13.0. The number of benzene rings is 2. The van der Waals surface area contributed by atoms with Crippen LogP contribution in [0.15, 0.2) is 99.3 Å². The van der Waals surface area contributed by atoms with E-state index in [-0.39, 0.29) is 23.5 Å². The summed E-state index contributed by atoms with van der Waals surface area (Å²) in [6, 6.07) is 21.8. The summed E-state index contributed by atoms with van der Waals surface area (Å²) in [5.41, 5.74) is 3.28. The molecule has 2 aromatic carbocycles. The molecule has 2 aliphatic heterocycles. The summed E-state index contributed by atoms with van der Waals surface area (Å²) < 4.78 is 31.2. The van der Waals surface area contributed by atoms with Gasteiger partial charge in [0.2, 0.25) is 0 Å². The Morgan fingerprint density at radius 1 is 0.692 bits per heavy atom. The smallest absolute Gasteiger partial charge is 0.261 e. The topological polar surface area (TPSA) is 95.6 Å². The van der Waals surface area contributed by atoms with Crippen LogP contribution < -0.4 is 11.1 Å². The first-order valence-electron chi connectivity index (χ1n) is 16.6. The SMILES string of the molecule is C#Cc1ccccn1.Cl.O=c1c2ccc(Br)cc2nc2n1CCC(F)CC2.O=c1c2ccc(C#Cc3ccccn3)cc2nc2n1CCC(F)CC2. The molecular weight excluding hydrogens is 750 g/mol. The van der Waals surface area contributed by atoms with Gasteiger partial charge in [0.25, 0.3) is 11.1 Å². The van der Waals surface area contributed by atoms with Crippen LogP contribution in [0.3, 0.4) is 0 Å². The highest BCUT2D eigenvalue weighted by Crippen LogP contribution is 2.20. The molecule has 0 bridgehead atoms.